The van der Waals surface area contributed by atoms with Crippen molar-refractivity contribution < 1.29 is 0 Å². The van der Waals surface area contributed by atoms with Crippen molar-refractivity contribution in [1.82, 2.24) is 10.3 Å². The first kappa shape index (κ1) is 9.48. The molecule has 0 spiro atoms. The van der Waals surface area contributed by atoms with Crippen molar-refractivity contribution in [3.05, 3.63) is 11.1 Å². The van der Waals surface area contributed by atoms with Crippen molar-refractivity contribution >= 4 is 16.5 Å². The molecule has 0 bridgehead atoms. The second-order valence-electron chi connectivity index (χ2n) is 3.19. The molecule has 0 aliphatic rings. The number of thiazole rings is 1. The Morgan fingerprint density at radius 2 is 2.42 bits per heavy atom. The van der Waals surface area contributed by atoms with Gasteiger partial charge in [-0.05, 0) is 12.5 Å². The molecule has 0 radical (unpaired) electrons. The summed E-state index contributed by atoms with van der Waals surface area (Å²) in [5.41, 5.74) is 5.49. The van der Waals surface area contributed by atoms with Gasteiger partial charge in [-0.15, -0.1) is 11.3 Å². The normalized spacial score (nSPS) is 10.9. The Balaban J connectivity index is 2.24. The molecule has 0 unspecified atom stereocenters. The number of nitrogens with one attached hydrogen (secondary N) is 1. The fraction of sp³-hybridized carbons (Fsp3) is 0.625. The lowest BCUT2D eigenvalue weighted by Crippen LogP contribution is -2.18. The highest BCUT2D eigenvalue weighted by Crippen LogP contribution is 2.13. The molecule has 0 saturated heterocycles. The summed E-state index contributed by atoms with van der Waals surface area (Å²) in [7, 11) is 0. The molecule has 3 nitrogen and oxygen atoms in total. The summed E-state index contributed by atoms with van der Waals surface area (Å²) in [6.45, 7) is 6.30. The number of hydrogen-bond donors (Lipinski definition) is 2. The van der Waals surface area contributed by atoms with Crippen LogP contribution in [0.2, 0.25) is 0 Å². The molecule has 0 amide bonds. The molecule has 0 aliphatic heterocycles. The summed E-state index contributed by atoms with van der Waals surface area (Å²) in [6, 6.07) is 0. The minimum atomic E-state index is 0.649. The quantitative estimate of drug-likeness (QED) is 0.747. The predicted octanol–water partition coefficient (Wildman–Crippen LogP) is 1.47. The molecule has 0 fully saturated rings. The number of hydrogen-bond acceptors (Lipinski definition) is 4. The average molecular weight is 185 g/mol. The van der Waals surface area contributed by atoms with Gasteiger partial charge in [-0.3, -0.25) is 0 Å². The molecule has 0 atom stereocenters. The van der Waals surface area contributed by atoms with Gasteiger partial charge in [0.1, 0.15) is 0 Å². The van der Waals surface area contributed by atoms with Crippen LogP contribution in [0.3, 0.4) is 0 Å². The Morgan fingerprint density at radius 3 is 2.92 bits per heavy atom. The Morgan fingerprint density at radius 1 is 1.67 bits per heavy atom. The Kier molecular flexibility index (Phi) is 3.49. The van der Waals surface area contributed by atoms with E-state index in [1.54, 1.807) is 11.3 Å². The van der Waals surface area contributed by atoms with Gasteiger partial charge in [0.2, 0.25) is 0 Å². The minimum Gasteiger partial charge on any atom is -0.375 e. The highest BCUT2D eigenvalue weighted by Gasteiger charge is 1.98. The summed E-state index contributed by atoms with van der Waals surface area (Å²) in [4.78, 5) is 5.17. The van der Waals surface area contributed by atoms with Crippen LogP contribution in [0.25, 0.3) is 0 Å². The van der Waals surface area contributed by atoms with Crippen LogP contribution in [0.15, 0.2) is 6.20 Å². The number of aromatic nitrogens is 1. The van der Waals surface area contributed by atoms with Gasteiger partial charge >= 0.3 is 0 Å². The van der Waals surface area contributed by atoms with Crippen molar-refractivity contribution in [1.29, 1.82) is 0 Å². The second-order valence-corrected chi connectivity index (χ2v) is 4.34. The lowest BCUT2D eigenvalue weighted by Gasteiger charge is -2.04. The van der Waals surface area contributed by atoms with E-state index in [2.05, 4.69) is 24.1 Å². The van der Waals surface area contributed by atoms with E-state index in [1.807, 2.05) is 6.20 Å². The van der Waals surface area contributed by atoms with E-state index < -0.39 is 0 Å². The zero-order chi connectivity index (χ0) is 8.97. The first-order valence-electron chi connectivity index (χ1n) is 4.09. The first-order chi connectivity index (χ1) is 5.68. The Hall–Kier alpha value is -0.610. The van der Waals surface area contributed by atoms with Crippen LogP contribution < -0.4 is 11.1 Å². The molecule has 0 aromatic carbocycles. The summed E-state index contributed by atoms with van der Waals surface area (Å²) in [5, 5.41) is 3.98. The maximum Gasteiger partial charge on any atom is 0.180 e. The molecule has 4 heteroatoms. The lowest BCUT2D eigenvalue weighted by atomic mass is 10.2. The largest absolute Gasteiger partial charge is 0.375 e. The molecule has 1 aromatic rings. The fourth-order valence-electron chi connectivity index (χ4n) is 0.888. The van der Waals surface area contributed by atoms with E-state index in [9.17, 15) is 0 Å². The topological polar surface area (TPSA) is 50.9 Å². The third-order valence-electron chi connectivity index (χ3n) is 1.42. The van der Waals surface area contributed by atoms with Crippen LogP contribution in [0.4, 0.5) is 5.13 Å². The van der Waals surface area contributed by atoms with E-state index in [-0.39, 0.29) is 0 Å². The van der Waals surface area contributed by atoms with Gasteiger partial charge in [0.25, 0.3) is 0 Å². The maximum absolute atomic E-state index is 5.49. The van der Waals surface area contributed by atoms with Gasteiger partial charge in [0, 0.05) is 17.6 Å². The van der Waals surface area contributed by atoms with Crippen molar-refractivity contribution in [2.24, 2.45) is 5.92 Å². The van der Waals surface area contributed by atoms with E-state index in [1.165, 1.54) is 4.88 Å². The fourth-order valence-corrected chi connectivity index (χ4v) is 1.54. The number of nitrogens with zero attached hydrogens (tertiary/aromatic N) is 1. The highest BCUT2D eigenvalue weighted by atomic mass is 32.1. The van der Waals surface area contributed by atoms with Crippen LogP contribution >= 0.6 is 11.3 Å². The van der Waals surface area contributed by atoms with Gasteiger partial charge in [0.05, 0.1) is 0 Å². The highest BCUT2D eigenvalue weighted by molar-refractivity contribution is 7.15. The molecule has 1 heterocycles. The van der Waals surface area contributed by atoms with Crippen molar-refractivity contribution in [3.8, 4) is 0 Å². The van der Waals surface area contributed by atoms with Crippen LogP contribution in [-0.4, -0.2) is 11.5 Å². The van der Waals surface area contributed by atoms with Crippen LogP contribution in [0, 0.1) is 5.92 Å². The molecule has 1 rings (SSSR count). The first-order valence-corrected chi connectivity index (χ1v) is 4.91. The van der Waals surface area contributed by atoms with Gasteiger partial charge in [-0.1, -0.05) is 13.8 Å². The molecular formula is C8H15N3S. The standard InChI is InChI=1S/C8H15N3S/c1-6(2)3-10-4-7-5-11-8(9)12-7/h5-6,10H,3-4H2,1-2H3,(H2,9,11). The van der Waals surface area contributed by atoms with Gasteiger partial charge in [-0.25, -0.2) is 4.98 Å². The summed E-state index contributed by atoms with van der Waals surface area (Å²) < 4.78 is 0. The summed E-state index contributed by atoms with van der Waals surface area (Å²) >= 11 is 1.54. The Labute approximate surface area is 77.0 Å². The second kappa shape index (κ2) is 4.42. The van der Waals surface area contributed by atoms with Crippen LogP contribution in [-0.2, 0) is 6.54 Å². The van der Waals surface area contributed by atoms with Gasteiger partial charge in [0.15, 0.2) is 5.13 Å². The summed E-state index contributed by atoms with van der Waals surface area (Å²) in [5.74, 6) is 0.690. The number of rotatable bonds is 4. The summed E-state index contributed by atoms with van der Waals surface area (Å²) in [6.07, 6.45) is 1.83. The smallest absolute Gasteiger partial charge is 0.180 e. The molecule has 68 valence electrons. The van der Waals surface area contributed by atoms with Crippen molar-refractivity contribution in [2.75, 3.05) is 12.3 Å². The Bertz CT molecular complexity index is 232. The number of nitrogens with two attached hydrogens (primary N) is 1. The minimum absolute atomic E-state index is 0.649. The van der Waals surface area contributed by atoms with E-state index in [4.69, 9.17) is 5.73 Å². The van der Waals surface area contributed by atoms with Crippen molar-refractivity contribution in [2.45, 2.75) is 20.4 Å². The van der Waals surface area contributed by atoms with Crippen molar-refractivity contribution in [3.63, 3.8) is 0 Å². The maximum atomic E-state index is 5.49. The van der Waals surface area contributed by atoms with E-state index in [0.29, 0.717) is 11.0 Å². The molecule has 12 heavy (non-hydrogen) atoms. The molecule has 0 saturated carbocycles. The zero-order valence-corrected chi connectivity index (χ0v) is 8.32. The third kappa shape index (κ3) is 3.19. The predicted molar refractivity (Wildman–Crippen MR) is 53.1 cm³/mol. The van der Waals surface area contributed by atoms with E-state index >= 15 is 0 Å². The number of anilines is 1. The molecular weight excluding hydrogens is 170 g/mol. The SMILES string of the molecule is CC(C)CNCc1cnc(N)s1. The lowest BCUT2D eigenvalue weighted by molar-refractivity contribution is 0.554. The van der Waals surface area contributed by atoms with Crippen LogP contribution in [0.5, 0.6) is 0 Å². The number of nitrogen functional groups attached to an aromatic ring is 1. The molecule has 3 N–H and O–H groups in total. The van der Waals surface area contributed by atoms with Gasteiger partial charge in [-0.2, -0.15) is 0 Å². The molecule has 0 aliphatic carbocycles. The third-order valence-corrected chi connectivity index (χ3v) is 2.25. The monoisotopic (exact) mass is 185 g/mol. The molecule has 1 aromatic heterocycles. The van der Waals surface area contributed by atoms with Gasteiger partial charge < -0.3 is 11.1 Å². The van der Waals surface area contributed by atoms with Crippen LogP contribution in [0.1, 0.15) is 18.7 Å². The van der Waals surface area contributed by atoms with E-state index in [0.717, 1.165) is 13.1 Å². The average Bonchev–Trinajstić information content (AvgIpc) is 2.35. The zero-order valence-electron chi connectivity index (χ0n) is 7.50.